The number of hydrogen-bond donors (Lipinski definition) is 2. The van der Waals surface area contributed by atoms with Gasteiger partial charge in [-0.3, -0.25) is 4.72 Å². The molecular weight excluding hydrogens is 376 g/mol. The van der Waals surface area contributed by atoms with E-state index in [0.717, 1.165) is 24.9 Å². The van der Waals surface area contributed by atoms with Crippen molar-refractivity contribution in [2.24, 2.45) is 0 Å². The third-order valence-corrected chi connectivity index (χ3v) is 6.29. The molecule has 2 aromatic carbocycles. The largest absolute Gasteiger partial charge is 0.478 e. The highest BCUT2D eigenvalue weighted by Gasteiger charge is 2.23. The highest BCUT2D eigenvalue weighted by molar-refractivity contribution is 7.92. The van der Waals surface area contributed by atoms with Crippen LogP contribution >= 0.6 is 0 Å². The monoisotopic (exact) mass is 404 g/mol. The fourth-order valence-electron chi connectivity index (χ4n) is 3.39. The van der Waals surface area contributed by atoms with E-state index in [4.69, 9.17) is 0 Å². The van der Waals surface area contributed by atoms with Crippen LogP contribution < -0.4 is 9.62 Å². The molecule has 0 saturated heterocycles. The van der Waals surface area contributed by atoms with Gasteiger partial charge < -0.3 is 10.0 Å². The highest BCUT2D eigenvalue weighted by atomic mass is 32.2. The highest BCUT2D eigenvalue weighted by Crippen LogP contribution is 2.31. The SMILES string of the molecule is CCCCN(C)c1ccc(C(=O)O)cc1NS(=O)(=O)c1c(C)cc(C)cc1C. The molecule has 0 bridgehead atoms. The quantitative estimate of drug-likeness (QED) is 0.683. The first kappa shape index (κ1) is 21.8. The molecule has 0 saturated carbocycles. The molecule has 2 aromatic rings. The van der Waals surface area contributed by atoms with Crippen molar-refractivity contribution in [2.45, 2.75) is 45.4 Å². The van der Waals surface area contributed by atoms with Crippen LogP contribution in [0.3, 0.4) is 0 Å². The molecule has 0 amide bonds. The van der Waals surface area contributed by atoms with Gasteiger partial charge in [0.2, 0.25) is 0 Å². The van der Waals surface area contributed by atoms with Crippen LogP contribution in [0, 0.1) is 20.8 Å². The van der Waals surface area contributed by atoms with Crippen molar-refractivity contribution in [1.82, 2.24) is 0 Å². The molecule has 152 valence electrons. The summed E-state index contributed by atoms with van der Waals surface area (Å²) in [5, 5.41) is 9.32. The minimum absolute atomic E-state index is 0.0303. The Kier molecular flexibility index (Phi) is 6.72. The number of aryl methyl sites for hydroxylation is 3. The molecule has 2 rings (SSSR count). The zero-order valence-corrected chi connectivity index (χ0v) is 17.9. The summed E-state index contributed by atoms with van der Waals surface area (Å²) < 4.78 is 28.9. The maximum absolute atomic E-state index is 13.1. The van der Waals surface area contributed by atoms with Crippen molar-refractivity contribution in [1.29, 1.82) is 0 Å². The van der Waals surface area contributed by atoms with Gasteiger partial charge in [0, 0.05) is 13.6 Å². The number of aromatic carboxylic acids is 1. The van der Waals surface area contributed by atoms with E-state index in [2.05, 4.69) is 11.6 Å². The van der Waals surface area contributed by atoms with Gasteiger partial charge in [0.05, 0.1) is 21.8 Å². The van der Waals surface area contributed by atoms with Crippen molar-refractivity contribution >= 4 is 27.4 Å². The van der Waals surface area contributed by atoms with Crippen molar-refractivity contribution < 1.29 is 18.3 Å². The Morgan fingerprint density at radius 1 is 1.11 bits per heavy atom. The predicted molar refractivity (Wildman–Crippen MR) is 113 cm³/mol. The van der Waals surface area contributed by atoms with Crippen molar-refractivity contribution in [3.8, 4) is 0 Å². The molecule has 7 heteroatoms. The molecule has 0 radical (unpaired) electrons. The van der Waals surface area contributed by atoms with Crippen molar-refractivity contribution in [3.05, 3.63) is 52.6 Å². The molecule has 28 heavy (non-hydrogen) atoms. The summed E-state index contributed by atoms with van der Waals surface area (Å²) in [4.78, 5) is 13.6. The number of anilines is 2. The summed E-state index contributed by atoms with van der Waals surface area (Å²) in [6.07, 6.45) is 1.94. The van der Waals surface area contributed by atoms with Gasteiger partial charge in [-0.1, -0.05) is 31.0 Å². The molecule has 0 atom stereocenters. The number of carboxylic acid groups (broad SMARTS) is 1. The summed E-state index contributed by atoms with van der Waals surface area (Å²) in [5.41, 5.74) is 3.23. The number of carbonyl (C=O) groups is 1. The van der Waals surface area contributed by atoms with Gasteiger partial charge in [0.25, 0.3) is 10.0 Å². The normalized spacial score (nSPS) is 11.3. The average molecular weight is 405 g/mol. The number of benzene rings is 2. The van der Waals surface area contributed by atoms with E-state index < -0.39 is 16.0 Å². The van der Waals surface area contributed by atoms with Crippen molar-refractivity contribution in [3.63, 3.8) is 0 Å². The Balaban J connectivity index is 2.53. The smallest absolute Gasteiger partial charge is 0.335 e. The molecule has 0 aliphatic carbocycles. The van der Waals surface area contributed by atoms with E-state index >= 15 is 0 Å². The van der Waals surface area contributed by atoms with Gasteiger partial charge in [-0.15, -0.1) is 0 Å². The summed E-state index contributed by atoms with van der Waals surface area (Å²) in [6.45, 7) is 8.25. The van der Waals surface area contributed by atoms with Crippen LogP contribution in [0.4, 0.5) is 11.4 Å². The summed E-state index contributed by atoms with van der Waals surface area (Å²) in [5.74, 6) is -1.11. The Morgan fingerprint density at radius 2 is 1.71 bits per heavy atom. The summed E-state index contributed by atoms with van der Waals surface area (Å²) >= 11 is 0. The zero-order chi connectivity index (χ0) is 21.1. The predicted octanol–water partition coefficient (Wildman–Crippen LogP) is 4.35. The summed E-state index contributed by atoms with van der Waals surface area (Å²) in [6, 6.07) is 8.15. The van der Waals surface area contributed by atoms with Crippen molar-refractivity contribution in [2.75, 3.05) is 23.2 Å². The lowest BCUT2D eigenvalue weighted by Crippen LogP contribution is -2.22. The molecule has 6 nitrogen and oxygen atoms in total. The number of rotatable bonds is 8. The van der Waals surface area contributed by atoms with Crippen LogP contribution in [-0.2, 0) is 10.0 Å². The average Bonchev–Trinajstić information content (AvgIpc) is 2.57. The van der Waals surface area contributed by atoms with Gasteiger partial charge in [-0.25, -0.2) is 13.2 Å². The fourth-order valence-corrected chi connectivity index (χ4v) is 4.91. The molecule has 0 aliphatic rings. The molecule has 0 aliphatic heterocycles. The molecule has 0 unspecified atom stereocenters. The molecular formula is C21H28N2O4S. The van der Waals surface area contributed by atoms with E-state index in [9.17, 15) is 18.3 Å². The zero-order valence-electron chi connectivity index (χ0n) is 17.0. The van der Waals surface area contributed by atoms with E-state index in [-0.39, 0.29) is 16.1 Å². The van der Waals surface area contributed by atoms with Crippen LogP contribution in [0.1, 0.15) is 46.8 Å². The van der Waals surface area contributed by atoms with Crippen LogP contribution in [0.5, 0.6) is 0 Å². The van der Waals surface area contributed by atoms with Gasteiger partial charge in [-0.05, 0) is 56.5 Å². The van der Waals surface area contributed by atoms with Gasteiger partial charge >= 0.3 is 5.97 Å². The first-order valence-corrected chi connectivity index (χ1v) is 10.7. The lowest BCUT2D eigenvalue weighted by molar-refractivity contribution is 0.0697. The number of nitrogens with one attached hydrogen (secondary N) is 1. The lowest BCUT2D eigenvalue weighted by Gasteiger charge is -2.24. The van der Waals surface area contributed by atoms with E-state index in [1.54, 1.807) is 19.9 Å². The molecule has 0 aromatic heterocycles. The Labute approximate surface area is 167 Å². The van der Waals surface area contributed by atoms with Crippen LogP contribution in [-0.4, -0.2) is 33.1 Å². The maximum Gasteiger partial charge on any atom is 0.335 e. The Morgan fingerprint density at radius 3 is 2.25 bits per heavy atom. The first-order valence-electron chi connectivity index (χ1n) is 9.26. The van der Waals surface area contributed by atoms with E-state index in [0.29, 0.717) is 16.8 Å². The molecule has 2 N–H and O–H groups in total. The second kappa shape index (κ2) is 8.65. The number of sulfonamides is 1. The Bertz CT molecular complexity index is 961. The topological polar surface area (TPSA) is 86.7 Å². The van der Waals surface area contributed by atoms with Crippen LogP contribution in [0.2, 0.25) is 0 Å². The minimum atomic E-state index is -3.88. The van der Waals surface area contributed by atoms with Gasteiger partial charge in [0.15, 0.2) is 0 Å². The fraction of sp³-hybridized carbons (Fsp3) is 0.381. The number of carboxylic acids is 1. The third-order valence-electron chi connectivity index (χ3n) is 4.62. The third kappa shape index (κ3) is 4.84. The standard InChI is InChI=1S/C21H28N2O4S/c1-6-7-10-23(5)19-9-8-17(21(24)25)13-18(19)22-28(26,27)20-15(3)11-14(2)12-16(20)4/h8-9,11-13,22H,6-7,10H2,1-5H3,(H,24,25). The summed E-state index contributed by atoms with van der Waals surface area (Å²) in [7, 11) is -2.01. The molecule has 0 fully saturated rings. The lowest BCUT2D eigenvalue weighted by atomic mass is 10.1. The number of hydrogen-bond acceptors (Lipinski definition) is 4. The number of unbranched alkanes of at least 4 members (excludes halogenated alkanes) is 1. The van der Waals surface area contributed by atoms with Gasteiger partial charge in [-0.2, -0.15) is 0 Å². The van der Waals surface area contributed by atoms with Gasteiger partial charge in [0.1, 0.15) is 0 Å². The number of nitrogens with zero attached hydrogens (tertiary/aromatic N) is 1. The minimum Gasteiger partial charge on any atom is -0.478 e. The van der Waals surface area contributed by atoms with E-state index in [1.165, 1.54) is 12.1 Å². The van der Waals surface area contributed by atoms with E-state index in [1.807, 2.05) is 31.0 Å². The maximum atomic E-state index is 13.1. The molecule has 0 spiro atoms. The molecule has 0 heterocycles. The van der Waals surface area contributed by atoms with Crippen LogP contribution in [0.15, 0.2) is 35.2 Å². The Hall–Kier alpha value is -2.54. The van der Waals surface area contributed by atoms with Crippen LogP contribution in [0.25, 0.3) is 0 Å². The first-order chi connectivity index (χ1) is 13.1. The second-order valence-electron chi connectivity index (χ2n) is 7.15. The second-order valence-corrected chi connectivity index (χ2v) is 8.76.